The van der Waals surface area contributed by atoms with E-state index in [0.29, 0.717) is 49.7 Å². The molecule has 12 heteroatoms. The molecule has 250 valence electrons. The van der Waals surface area contributed by atoms with Gasteiger partial charge in [-0.15, -0.1) is 0 Å². The maximum atomic E-state index is 13.6. The van der Waals surface area contributed by atoms with Crippen LogP contribution in [0.4, 0.5) is 16.2 Å². The summed E-state index contributed by atoms with van der Waals surface area (Å²) in [4.78, 5) is 44.5. The molecule has 2 aromatic carbocycles. The Morgan fingerprint density at radius 1 is 1.11 bits per heavy atom. The molecule has 4 heterocycles. The Balaban J connectivity index is 1.10. The van der Waals surface area contributed by atoms with Crippen LogP contribution in [0.2, 0.25) is 0 Å². The second-order valence-electron chi connectivity index (χ2n) is 13.5. The van der Waals surface area contributed by atoms with E-state index in [1.54, 1.807) is 23.9 Å². The van der Waals surface area contributed by atoms with E-state index < -0.39 is 0 Å². The highest BCUT2D eigenvalue weighted by Gasteiger charge is 2.42. The molecule has 2 fully saturated rings. The molecule has 6 rings (SSSR count). The highest BCUT2D eigenvalue weighted by Crippen LogP contribution is 2.35. The molecule has 3 N–H and O–H groups in total. The third-order valence-corrected chi connectivity index (χ3v) is 9.35. The molecule has 1 unspecified atom stereocenters. The van der Waals surface area contributed by atoms with Gasteiger partial charge in [-0.2, -0.15) is 5.10 Å². The van der Waals surface area contributed by atoms with E-state index in [4.69, 9.17) is 9.84 Å². The number of aromatic nitrogens is 2. The van der Waals surface area contributed by atoms with E-state index in [9.17, 15) is 14.4 Å². The van der Waals surface area contributed by atoms with Crippen molar-refractivity contribution in [2.45, 2.75) is 57.8 Å². The van der Waals surface area contributed by atoms with Gasteiger partial charge in [0.2, 0.25) is 0 Å². The van der Waals surface area contributed by atoms with E-state index in [-0.39, 0.29) is 35.4 Å². The number of fused-ring (bicyclic) bond motifs is 1. The number of benzene rings is 2. The molecule has 1 spiro atoms. The average molecular weight is 643 g/mol. The Bertz CT molecular complexity index is 1610. The number of hydrogen-bond donors (Lipinski definition) is 3. The van der Waals surface area contributed by atoms with Crippen molar-refractivity contribution in [1.82, 2.24) is 30.2 Å². The van der Waals surface area contributed by atoms with E-state index in [0.717, 1.165) is 48.6 Å². The normalized spacial score (nSPS) is 20.8. The fourth-order valence-corrected chi connectivity index (χ4v) is 6.84. The lowest BCUT2D eigenvalue weighted by molar-refractivity contribution is -0.0551. The molecule has 3 aliphatic heterocycles. The largest absolute Gasteiger partial charge is 0.370 e. The van der Waals surface area contributed by atoms with Gasteiger partial charge in [0.25, 0.3) is 11.8 Å². The quantitative estimate of drug-likeness (QED) is 0.358. The molecule has 4 amide bonds. The first kappa shape index (κ1) is 32.5. The molecule has 2 saturated heterocycles. The molecular formula is C35H46N8O4. The highest BCUT2D eigenvalue weighted by atomic mass is 16.5. The van der Waals surface area contributed by atoms with Crippen LogP contribution in [0.1, 0.15) is 76.8 Å². The van der Waals surface area contributed by atoms with Crippen LogP contribution in [0.25, 0.3) is 0 Å². The number of nitrogens with zero attached hydrogens (tertiary/aromatic N) is 5. The van der Waals surface area contributed by atoms with Gasteiger partial charge < -0.3 is 35.4 Å². The molecule has 47 heavy (non-hydrogen) atoms. The molecule has 0 saturated carbocycles. The first-order chi connectivity index (χ1) is 22.5. The van der Waals surface area contributed by atoms with Crippen molar-refractivity contribution in [3.05, 3.63) is 76.6 Å². The van der Waals surface area contributed by atoms with Crippen LogP contribution in [0.5, 0.6) is 0 Å². The number of morpholine rings is 1. The third-order valence-electron chi connectivity index (χ3n) is 9.35. The number of anilines is 2. The molecule has 0 radical (unpaired) electrons. The van der Waals surface area contributed by atoms with Crippen LogP contribution in [0.3, 0.4) is 0 Å². The Morgan fingerprint density at radius 3 is 2.51 bits per heavy atom. The number of urea groups is 1. The summed E-state index contributed by atoms with van der Waals surface area (Å²) in [6, 6.07) is 15.1. The molecule has 0 aliphatic carbocycles. The number of amides is 4. The Morgan fingerprint density at radius 2 is 1.85 bits per heavy atom. The van der Waals surface area contributed by atoms with Crippen molar-refractivity contribution in [1.29, 1.82) is 0 Å². The molecule has 12 nitrogen and oxygen atoms in total. The number of nitrogens with one attached hydrogen (secondary N) is 3. The van der Waals surface area contributed by atoms with Gasteiger partial charge in [-0.1, -0.05) is 19.1 Å². The summed E-state index contributed by atoms with van der Waals surface area (Å²) in [6.07, 6.45) is 0.827. The smallest absolute Gasteiger partial charge is 0.321 e. The van der Waals surface area contributed by atoms with Crippen LogP contribution in [-0.2, 0) is 17.8 Å². The molecular weight excluding hydrogens is 596 g/mol. The summed E-state index contributed by atoms with van der Waals surface area (Å²) < 4.78 is 7.99. The highest BCUT2D eigenvalue weighted by molar-refractivity contribution is 5.95. The molecule has 0 bridgehead atoms. The number of carbonyl (C=O) groups excluding carboxylic acids is 3. The number of rotatable bonds is 7. The summed E-state index contributed by atoms with van der Waals surface area (Å²) in [5.41, 5.74) is 5.43. The zero-order valence-electron chi connectivity index (χ0n) is 28.0. The fraction of sp³-hybridized carbons (Fsp3) is 0.486. The van der Waals surface area contributed by atoms with Crippen molar-refractivity contribution in [2.24, 2.45) is 0 Å². The van der Waals surface area contributed by atoms with E-state index in [2.05, 4.69) is 41.6 Å². The SMILES string of the molecule is CC(C)n1nc(C(=O)NCc2ccc(NC(=O)N3CCC4(CNCCO4)C3)cc2)c2c1[C@@H](C)CN(c1ccc(C(=O)N(C)C)cc1)C2. The van der Waals surface area contributed by atoms with Crippen molar-refractivity contribution < 1.29 is 19.1 Å². The van der Waals surface area contributed by atoms with Gasteiger partial charge in [-0.25, -0.2) is 4.79 Å². The summed E-state index contributed by atoms with van der Waals surface area (Å²) in [5.74, 6) is -0.106. The summed E-state index contributed by atoms with van der Waals surface area (Å²) >= 11 is 0. The van der Waals surface area contributed by atoms with Crippen LogP contribution < -0.4 is 20.9 Å². The summed E-state index contributed by atoms with van der Waals surface area (Å²) in [7, 11) is 3.49. The average Bonchev–Trinajstić information content (AvgIpc) is 3.67. The van der Waals surface area contributed by atoms with Gasteiger partial charge in [-0.05, 0) is 62.2 Å². The van der Waals surface area contributed by atoms with Crippen molar-refractivity contribution >= 4 is 29.2 Å². The first-order valence-corrected chi connectivity index (χ1v) is 16.5. The zero-order valence-corrected chi connectivity index (χ0v) is 28.0. The molecule has 3 aromatic rings. The van der Waals surface area contributed by atoms with Crippen molar-refractivity contribution in [3.63, 3.8) is 0 Å². The lowest BCUT2D eigenvalue weighted by Gasteiger charge is -2.34. The van der Waals surface area contributed by atoms with Crippen LogP contribution in [0.15, 0.2) is 48.5 Å². The number of likely N-dealkylation sites (tertiary alicyclic amines) is 1. The Labute approximate surface area is 276 Å². The lowest BCUT2D eigenvalue weighted by atomic mass is 9.95. The Hall–Kier alpha value is -4.42. The molecule has 2 atom stereocenters. The predicted octanol–water partition coefficient (Wildman–Crippen LogP) is 3.82. The van der Waals surface area contributed by atoms with E-state index >= 15 is 0 Å². The topological polar surface area (TPSA) is 124 Å². The number of hydrogen-bond acceptors (Lipinski definition) is 7. The summed E-state index contributed by atoms with van der Waals surface area (Å²) in [5, 5.41) is 14.2. The van der Waals surface area contributed by atoms with Gasteiger partial charge in [0, 0.05) is 93.5 Å². The number of ether oxygens (including phenoxy) is 1. The van der Waals surface area contributed by atoms with Gasteiger partial charge in [0.1, 0.15) is 0 Å². The minimum atomic E-state index is -0.280. The van der Waals surface area contributed by atoms with Crippen LogP contribution in [0, 0.1) is 0 Å². The maximum Gasteiger partial charge on any atom is 0.321 e. The van der Waals surface area contributed by atoms with Gasteiger partial charge in [0.15, 0.2) is 5.69 Å². The minimum absolute atomic E-state index is 0.0367. The van der Waals surface area contributed by atoms with E-state index in [1.807, 2.05) is 53.2 Å². The fourth-order valence-electron chi connectivity index (χ4n) is 6.84. The zero-order chi connectivity index (χ0) is 33.3. The second kappa shape index (κ2) is 13.4. The van der Waals surface area contributed by atoms with Gasteiger partial charge >= 0.3 is 6.03 Å². The first-order valence-electron chi connectivity index (χ1n) is 16.5. The minimum Gasteiger partial charge on any atom is -0.370 e. The van der Waals surface area contributed by atoms with Crippen molar-refractivity contribution in [2.75, 3.05) is 63.6 Å². The molecule has 3 aliphatic rings. The number of carbonyl (C=O) groups is 3. The Kier molecular flexibility index (Phi) is 9.25. The summed E-state index contributed by atoms with van der Waals surface area (Å²) in [6.45, 7) is 11.5. The van der Waals surface area contributed by atoms with Gasteiger partial charge in [-0.3, -0.25) is 14.3 Å². The van der Waals surface area contributed by atoms with Crippen LogP contribution >= 0.6 is 0 Å². The second-order valence-corrected chi connectivity index (χ2v) is 13.5. The van der Waals surface area contributed by atoms with Crippen molar-refractivity contribution in [3.8, 4) is 0 Å². The van der Waals surface area contributed by atoms with E-state index in [1.165, 1.54) is 0 Å². The van der Waals surface area contributed by atoms with Gasteiger partial charge in [0.05, 0.1) is 18.8 Å². The molecule has 1 aromatic heterocycles. The monoisotopic (exact) mass is 642 g/mol. The maximum absolute atomic E-state index is 13.6. The predicted molar refractivity (Wildman–Crippen MR) is 181 cm³/mol. The third kappa shape index (κ3) is 6.84. The van der Waals surface area contributed by atoms with Crippen LogP contribution in [-0.4, -0.2) is 96.5 Å². The lowest BCUT2D eigenvalue weighted by Crippen LogP contribution is -2.52. The standard InChI is InChI=1S/C35H46N8O4/c1-23(2)43-31-24(3)19-42(28-12-8-26(9-13-28)33(45)40(4)5)20-29(31)30(39-43)32(44)37-18-25-6-10-27(11-7-25)38-34(46)41-16-14-35(22-41)21-36-15-17-47-35/h6-13,23-24,36H,14-22H2,1-5H3,(H,37,44)(H,38,46)/t24-,35?/m0/s1.